The second kappa shape index (κ2) is 4.56. The van der Waals surface area contributed by atoms with Crippen molar-refractivity contribution in [1.29, 1.82) is 0 Å². The summed E-state index contributed by atoms with van der Waals surface area (Å²) in [6, 6.07) is 0. The number of aryl methyl sites for hydroxylation is 2. The lowest BCUT2D eigenvalue weighted by Gasteiger charge is -2.49. The van der Waals surface area contributed by atoms with E-state index in [0.29, 0.717) is 6.42 Å². The number of rotatable bonds is 2. The Morgan fingerprint density at radius 1 is 1.05 bits per heavy atom. The van der Waals surface area contributed by atoms with Crippen molar-refractivity contribution in [2.75, 3.05) is 0 Å². The quantitative estimate of drug-likeness (QED) is 0.878. The normalized spacial score (nSPS) is 24.4. The molecular formula is C16H27NOS. The first-order chi connectivity index (χ1) is 8.50. The minimum atomic E-state index is -0.595. The van der Waals surface area contributed by atoms with Crippen LogP contribution in [0.1, 0.15) is 62.5 Å². The fourth-order valence-electron chi connectivity index (χ4n) is 4.29. The Kier molecular flexibility index (Phi) is 3.60. The van der Waals surface area contributed by atoms with Crippen LogP contribution in [0.3, 0.4) is 0 Å². The Morgan fingerprint density at radius 2 is 1.58 bits per heavy atom. The first kappa shape index (κ1) is 15.0. The second-order valence-corrected chi connectivity index (χ2v) is 9.30. The summed E-state index contributed by atoms with van der Waals surface area (Å²) in [6.45, 7) is 13.3. The van der Waals surface area contributed by atoms with Crippen LogP contribution in [0.2, 0.25) is 0 Å². The number of hydrogen-bond acceptors (Lipinski definition) is 3. The molecule has 2 nitrogen and oxygen atoms in total. The molecule has 3 heteroatoms. The summed E-state index contributed by atoms with van der Waals surface area (Å²) < 4.78 is 0. The summed E-state index contributed by atoms with van der Waals surface area (Å²) in [5.41, 5.74) is 0.926. The molecule has 0 aromatic carbocycles. The molecule has 1 aliphatic carbocycles. The van der Waals surface area contributed by atoms with Gasteiger partial charge in [0.05, 0.1) is 16.3 Å². The third-order valence-corrected chi connectivity index (χ3v) is 5.20. The van der Waals surface area contributed by atoms with Crippen LogP contribution in [0.4, 0.5) is 0 Å². The van der Waals surface area contributed by atoms with Gasteiger partial charge in [0.25, 0.3) is 0 Å². The van der Waals surface area contributed by atoms with E-state index in [1.54, 1.807) is 11.3 Å². The summed E-state index contributed by atoms with van der Waals surface area (Å²) in [7, 11) is 0. The highest BCUT2D eigenvalue weighted by atomic mass is 32.1. The molecule has 1 heterocycles. The van der Waals surface area contributed by atoms with E-state index in [0.717, 1.165) is 23.5 Å². The van der Waals surface area contributed by atoms with Crippen LogP contribution < -0.4 is 0 Å². The van der Waals surface area contributed by atoms with Crippen LogP contribution >= 0.6 is 11.3 Å². The van der Waals surface area contributed by atoms with Crippen LogP contribution in [-0.4, -0.2) is 15.7 Å². The van der Waals surface area contributed by atoms with Gasteiger partial charge in [0.15, 0.2) is 0 Å². The van der Waals surface area contributed by atoms with E-state index < -0.39 is 5.60 Å². The van der Waals surface area contributed by atoms with Gasteiger partial charge in [0.2, 0.25) is 0 Å². The molecule has 0 amide bonds. The molecule has 1 aromatic rings. The molecule has 0 bridgehead atoms. The molecule has 1 N–H and O–H groups in total. The molecule has 0 atom stereocenters. The molecule has 1 saturated carbocycles. The van der Waals surface area contributed by atoms with Gasteiger partial charge in [0.1, 0.15) is 0 Å². The predicted octanol–water partition coefficient (Wildman–Crippen LogP) is 4.27. The molecule has 1 aromatic heterocycles. The van der Waals surface area contributed by atoms with Gasteiger partial charge in [0, 0.05) is 11.3 Å². The number of nitrogens with zero attached hydrogens (tertiary/aromatic N) is 1. The zero-order chi connectivity index (χ0) is 14.5. The van der Waals surface area contributed by atoms with Gasteiger partial charge in [-0.2, -0.15) is 0 Å². The van der Waals surface area contributed by atoms with Gasteiger partial charge in [-0.15, -0.1) is 11.3 Å². The highest BCUT2D eigenvalue weighted by Gasteiger charge is 2.46. The fraction of sp³-hybridized carbons (Fsp3) is 0.812. The molecule has 0 unspecified atom stereocenters. The maximum Gasteiger partial charge on any atom is 0.0959 e. The minimum absolute atomic E-state index is 0.206. The zero-order valence-corrected chi connectivity index (χ0v) is 13.9. The van der Waals surface area contributed by atoms with Gasteiger partial charge in [-0.1, -0.05) is 27.7 Å². The van der Waals surface area contributed by atoms with Crippen molar-refractivity contribution in [2.24, 2.45) is 10.8 Å². The summed E-state index contributed by atoms with van der Waals surface area (Å²) in [6.07, 6.45) is 3.64. The first-order valence-corrected chi connectivity index (χ1v) is 7.97. The van der Waals surface area contributed by atoms with E-state index in [1.165, 1.54) is 11.3 Å². The largest absolute Gasteiger partial charge is 0.389 e. The zero-order valence-electron chi connectivity index (χ0n) is 13.1. The Balaban J connectivity index is 2.21. The molecule has 0 saturated heterocycles. The Morgan fingerprint density at radius 3 is 2.00 bits per heavy atom. The second-order valence-electron chi connectivity index (χ2n) is 8.01. The third kappa shape index (κ3) is 3.57. The van der Waals surface area contributed by atoms with Crippen molar-refractivity contribution in [2.45, 2.75) is 72.8 Å². The van der Waals surface area contributed by atoms with E-state index >= 15 is 0 Å². The molecule has 108 valence electrons. The van der Waals surface area contributed by atoms with Gasteiger partial charge in [-0.3, -0.25) is 0 Å². The maximum absolute atomic E-state index is 11.1. The number of aliphatic hydroxyl groups is 1. The van der Waals surface area contributed by atoms with E-state index in [2.05, 4.69) is 39.6 Å². The Hall–Kier alpha value is -0.410. The number of hydrogen-bond donors (Lipinski definition) is 1. The van der Waals surface area contributed by atoms with E-state index in [-0.39, 0.29) is 10.8 Å². The minimum Gasteiger partial charge on any atom is -0.389 e. The summed E-state index contributed by atoms with van der Waals surface area (Å²) in [5.74, 6) is 0. The lowest BCUT2D eigenvalue weighted by atomic mass is 9.59. The molecule has 1 aliphatic rings. The fourth-order valence-corrected chi connectivity index (χ4v) is 5.36. The van der Waals surface area contributed by atoms with Crippen molar-refractivity contribution >= 4 is 11.3 Å². The predicted molar refractivity (Wildman–Crippen MR) is 81.7 cm³/mol. The standard InChI is InChI=1S/C16H27NOS/c1-11-12(2)19-13(17-11)7-16(18)9-14(3,4)8-15(5,6)10-16/h18H,7-10H2,1-6H3. The maximum atomic E-state index is 11.1. The molecule has 1 fully saturated rings. The average molecular weight is 281 g/mol. The summed E-state index contributed by atoms with van der Waals surface area (Å²) in [5, 5.41) is 12.2. The number of aromatic nitrogens is 1. The van der Waals surface area contributed by atoms with E-state index in [1.807, 2.05) is 6.92 Å². The van der Waals surface area contributed by atoms with Gasteiger partial charge in [-0.25, -0.2) is 4.98 Å². The van der Waals surface area contributed by atoms with Crippen LogP contribution in [0.15, 0.2) is 0 Å². The van der Waals surface area contributed by atoms with Crippen LogP contribution in [0.25, 0.3) is 0 Å². The highest BCUT2D eigenvalue weighted by molar-refractivity contribution is 7.11. The lowest BCUT2D eigenvalue weighted by Crippen LogP contribution is -2.47. The van der Waals surface area contributed by atoms with Crippen LogP contribution in [-0.2, 0) is 6.42 Å². The monoisotopic (exact) mass is 281 g/mol. The molecule has 19 heavy (non-hydrogen) atoms. The lowest BCUT2D eigenvalue weighted by molar-refractivity contribution is -0.0851. The van der Waals surface area contributed by atoms with Gasteiger partial charge in [-0.05, 0) is 43.9 Å². The molecule has 0 aliphatic heterocycles. The molecule has 0 radical (unpaired) electrons. The summed E-state index contributed by atoms with van der Waals surface area (Å²) in [4.78, 5) is 5.87. The smallest absolute Gasteiger partial charge is 0.0959 e. The Bertz CT molecular complexity index is 438. The van der Waals surface area contributed by atoms with Crippen molar-refractivity contribution < 1.29 is 5.11 Å². The SMILES string of the molecule is Cc1nc(CC2(O)CC(C)(C)CC(C)(C)C2)sc1C. The first-order valence-electron chi connectivity index (χ1n) is 7.16. The third-order valence-electron chi connectivity index (χ3n) is 4.13. The van der Waals surface area contributed by atoms with Crippen molar-refractivity contribution in [3.05, 3.63) is 15.6 Å². The highest BCUT2D eigenvalue weighted by Crippen LogP contribution is 2.51. The van der Waals surface area contributed by atoms with Crippen LogP contribution in [0, 0.1) is 24.7 Å². The Labute approximate surface area is 121 Å². The van der Waals surface area contributed by atoms with E-state index in [4.69, 9.17) is 0 Å². The number of thiazole rings is 1. The molecular weight excluding hydrogens is 254 g/mol. The topological polar surface area (TPSA) is 33.1 Å². The van der Waals surface area contributed by atoms with Crippen molar-refractivity contribution in [3.8, 4) is 0 Å². The van der Waals surface area contributed by atoms with Crippen LogP contribution in [0.5, 0.6) is 0 Å². The van der Waals surface area contributed by atoms with Crippen molar-refractivity contribution in [3.63, 3.8) is 0 Å². The van der Waals surface area contributed by atoms with E-state index in [9.17, 15) is 5.11 Å². The van der Waals surface area contributed by atoms with Crippen molar-refractivity contribution in [1.82, 2.24) is 4.98 Å². The molecule has 0 spiro atoms. The summed E-state index contributed by atoms with van der Waals surface area (Å²) >= 11 is 1.74. The average Bonchev–Trinajstić information content (AvgIpc) is 2.36. The van der Waals surface area contributed by atoms with Gasteiger partial charge < -0.3 is 5.11 Å². The molecule has 2 rings (SSSR count). The van der Waals surface area contributed by atoms with Gasteiger partial charge >= 0.3 is 0 Å².